The van der Waals surface area contributed by atoms with Crippen molar-refractivity contribution in [2.75, 3.05) is 6.61 Å². The van der Waals surface area contributed by atoms with Gasteiger partial charge in [0.05, 0.1) is 6.61 Å². The van der Waals surface area contributed by atoms with Gasteiger partial charge in [0.2, 0.25) is 0 Å². The highest BCUT2D eigenvalue weighted by molar-refractivity contribution is 5.66. The van der Waals surface area contributed by atoms with Gasteiger partial charge in [-0.05, 0) is 19.8 Å². The number of aliphatic hydroxyl groups excluding tert-OH is 1. The molecule has 3 heteroatoms. The number of aliphatic carboxylic acids is 1. The average molecular weight is 158 g/mol. The van der Waals surface area contributed by atoms with Crippen LogP contribution in [0, 0.1) is 0 Å². The van der Waals surface area contributed by atoms with Gasteiger partial charge in [-0.15, -0.1) is 0 Å². The highest BCUT2D eigenvalue weighted by Gasteiger charge is 1.93. The molecule has 0 amide bonds. The lowest BCUT2D eigenvalue weighted by atomic mass is 10.2. The molecule has 0 bridgehead atoms. The summed E-state index contributed by atoms with van der Waals surface area (Å²) in [5, 5.41) is 16.8. The van der Waals surface area contributed by atoms with E-state index < -0.39 is 5.97 Å². The molecular formula is C8H14O3. The molecule has 0 aliphatic rings. The van der Waals surface area contributed by atoms with Crippen molar-refractivity contribution in [2.45, 2.75) is 26.2 Å². The Hall–Kier alpha value is -0.830. The van der Waals surface area contributed by atoms with E-state index in [0.29, 0.717) is 6.42 Å². The first-order valence-electron chi connectivity index (χ1n) is 3.65. The zero-order chi connectivity index (χ0) is 8.69. The Morgan fingerprint density at radius 2 is 2.18 bits per heavy atom. The minimum atomic E-state index is -0.764. The monoisotopic (exact) mass is 158 g/mol. The molecule has 0 fully saturated rings. The molecule has 0 radical (unpaired) electrons. The number of rotatable bonds is 5. The summed E-state index contributed by atoms with van der Waals surface area (Å²) in [5.74, 6) is -0.764. The number of allylic oxidation sites excluding steroid dienone is 1. The van der Waals surface area contributed by atoms with Crippen LogP contribution in [0.5, 0.6) is 0 Å². The number of hydrogen-bond donors (Lipinski definition) is 2. The molecule has 0 aliphatic carbocycles. The molecule has 0 aromatic carbocycles. The molecule has 0 rings (SSSR count). The molecule has 64 valence electrons. The summed E-state index contributed by atoms with van der Waals surface area (Å²) in [4.78, 5) is 10.0. The summed E-state index contributed by atoms with van der Waals surface area (Å²) in [7, 11) is 0. The first-order valence-corrected chi connectivity index (χ1v) is 3.65. The Morgan fingerprint density at radius 3 is 2.64 bits per heavy atom. The van der Waals surface area contributed by atoms with E-state index in [9.17, 15) is 4.79 Å². The van der Waals surface area contributed by atoms with Crippen LogP contribution >= 0.6 is 0 Å². The van der Waals surface area contributed by atoms with E-state index in [1.54, 1.807) is 0 Å². The van der Waals surface area contributed by atoms with Gasteiger partial charge in [-0.1, -0.05) is 11.6 Å². The molecule has 0 aromatic heterocycles. The Morgan fingerprint density at radius 1 is 1.55 bits per heavy atom. The van der Waals surface area contributed by atoms with Gasteiger partial charge in [-0.25, -0.2) is 0 Å². The van der Waals surface area contributed by atoms with E-state index in [1.807, 2.05) is 13.0 Å². The van der Waals surface area contributed by atoms with Crippen molar-refractivity contribution >= 4 is 5.97 Å². The molecule has 2 N–H and O–H groups in total. The molecule has 11 heavy (non-hydrogen) atoms. The SMILES string of the molecule is CC(=CCCCC(=O)O)CO. The van der Waals surface area contributed by atoms with Crippen LogP contribution in [0.2, 0.25) is 0 Å². The van der Waals surface area contributed by atoms with E-state index >= 15 is 0 Å². The van der Waals surface area contributed by atoms with Gasteiger partial charge >= 0.3 is 5.97 Å². The normalized spacial score (nSPS) is 11.6. The van der Waals surface area contributed by atoms with Crippen molar-refractivity contribution in [3.63, 3.8) is 0 Å². The molecule has 0 heterocycles. The van der Waals surface area contributed by atoms with Crippen molar-refractivity contribution in [3.05, 3.63) is 11.6 Å². The molecule has 0 spiro atoms. The number of carboxylic acids is 1. The zero-order valence-electron chi connectivity index (χ0n) is 6.71. The lowest BCUT2D eigenvalue weighted by Crippen LogP contribution is -1.93. The van der Waals surface area contributed by atoms with Crippen LogP contribution < -0.4 is 0 Å². The fourth-order valence-corrected chi connectivity index (χ4v) is 0.666. The molecule has 0 aromatic rings. The van der Waals surface area contributed by atoms with E-state index in [2.05, 4.69) is 0 Å². The second kappa shape index (κ2) is 5.92. The van der Waals surface area contributed by atoms with Gasteiger partial charge in [0.15, 0.2) is 0 Å². The molecule has 3 nitrogen and oxygen atoms in total. The number of hydrogen-bond acceptors (Lipinski definition) is 2. The van der Waals surface area contributed by atoms with E-state index in [1.165, 1.54) is 0 Å². The summed E-state index contributed by atoms with van der Waals surface area (Å²) in [6, 6.07) is 0. The lowest BCUT2D eigenvalue weighted by Gasteiger charge is -1.94. The minimum Gasteiger partial charge on any atom is -0.481 e. The van der Waals surface area contributed by atoms with Crippen molar-refractivity contribution < 1.29 is 15.0 Å². The fourth-order valence-electron chi connectivity index (χ4n) is 0.666. The maximum atomic E-state index is 10.0. The summed E-state index contributed by atoms with van der Waals surface area (Å²) >= 11 is 0. The highest BCUT2D eigenvalue weighted by atomic mass is 16.4. The molecule has 0 atom stereocenters. The summed E-state index contributed by atoms with van der Waals surface area (Å²) < 4.78 is 0. The Balaban J connectivity index is 3.33. The maximum Gasteiger partial charge on any atom is 0.303 e. The predicted molar refractivity (Wildman–Crippen MR) is 42.3 cm³/mol. The number of unbranched alkanes of at least 4 members (excludes halogenated alkanes) is 1. The molecular weight excluding hydrogens is 144 g/mol. The van der Waals surface area contributed by atoms with E-state index in [4.69, 9.17) is 10.2 Å². The standard InChI is InChI=1S/C8H14O3/c1-7(6-9)4-2-3-5-8(10)11/h4,9H,2-3,5-6H2,1H3,(H,10,11). The van der Waals surface area contributed by atoms with Crippen LogP contribution in [-0.4, -0.2) is 22.8 Å². The Kier molecular flexibility index (Phi) is 5.47. The summed E-state index contributed by atoms with van der Waals surface area (Å²) in [6.07, 6.45) is 3.45. The van der Waals surface area contributed by atoms with Crippen molar-refractivity contribution in [3.8, 4) is 0 Å². The largest absolute Gasteiger partial charge is 0.481 e. The minimum absolute atomic E-state index is 0.0626. The van der Waals surface area contributed by atoms with Crippen LogP contribution in [0.15, 0.2) is 11.6 Å². The van der Waals surface area contributed by atoms with Gasteiger partial charge in [-0.3, -0.25) is 4.79 Å². The van der Waals surface area contributed by atoms with Crippen molar-refractivity contribution in [2.24, 2.45) is 0 Å². The number of carboxylic acid groups (broad SMARTS) is 1. The average Bonchev–Trinajstić information content (AvgIpc) is 1.97. The number of carbonyl (C=O) groups is 1. The highest BCUT2D eigenvalue weighted by Crippen LogP contribution is 2.00. The summed E-state index contributed by atoms with van der Waals surface area (Å²) in [5.41, 5.74) is 0.899. The third-order valence-electron chi connectivity index (χ3n) is 1.34. The molecule has 0 unspecified atom stereocenters. The lowest BCUT2D eigenvalue weighted by molar-refractivity contribution is -0.137. The second-order valence-electron chi connectivity index (χ2n) is 2.49. The van der Waals surface area contributed by atoms with Crippen molar-refractivity contribution in [1.82, 2.24) is 0 Å². The van der Waals surface area contributed by atoms with Crippen LogP contribution in [0.1, 0.15) is 26.2 Å². The first-order chi connectivity index (χ1) is 5.16. The smallest absolute Gasteiger partial charge is 0.303 e. The Labute approximate surface area is 66.4 Å². The third-order valence-corrected chi connectivity index (χ3v) is 1.34. The summed E-state index contributed by atoms with van der Waals surface area (Å²) in [6.45, 7) is 1.88. The van der Waals surface area contributed by atoms with Crippen LogP contribution in [-0.2, 0) is 4.79 Å². The van der Waals surface area contributed by atoms with E-state index in [0.717, 1.165) is 12.0 Å². The van der Waals surface area contributed by atoms with Gasteiger partial charge in [-0.2, -0.15) is 0 Å². The Bertz CT molecular complexity index is 149. The zero-order valence-corrected chi connectivity index (χ0v) is 6.71. The van der Waals surface area contributed by atoms with Gasteiger partial charge in [0.1, 0.15) is 0 Å². The third kappa shape index (κ3) is 7.06. The fraction of sp³-hybridized carbons (Fsp3) is 0.625. The number of aliphatic hydroxyl groups is 1. The van der Waals surface area contributed by atoms with Gasteiger partial charge in [0, 0.05) is 6.42 Å². The molecule has 0 saturated heterocycles. The molecule has 0 aliphatic heterocycles. The first kappa shape index (κ1) is 10.2. The van der Waals surface area contributed by atoms with Crippen LogP contribution in [0.4, 0.5) is 0 Å². The van der Waals surface area contributed by atoms with Crippen molar-refractivity contribution in [1.29, 1.82) is 0 Å². The van der Waals surface area contributed by atoms with Gasteiger partial charge in [0.25, 0.3) is 0 Å². The molecule has 0 saturated carbocycles. The maximum absolute atomic E-state index is 10.0. The van der Waals surface area contributed by atoms with E-state index in [-0.39, 0.29) is 13.0 Å². The quantitative estimate of drug-likeness (QED) is 0.466. The second-order valence-corrected chi connectivity index (χ2v) is 2.49. The topological polar surface area (TPSA) is 57.5 Å². The van der Waals surface area contributed by atoms with Crippen LogP contribution in [0.25, 0.3) is 0 Å². The van der Waals surface area contributed by atoms with Crippen LogP contribution in [0.3, 0.4) is 0 Å². The van der Waals surface area contributed by atoms with Gasteiger partial charge < -0.3 is 10.2 Å². The predicted octanol–water partition coefficient (Wildman–Crippen LogP) is 1.18.